The number of likely N-dealkylation sites (tertiary alicyclic amines) is 1. The Balaban J connectivity index is 2.95. The van der Waals surface area contributed by atoms with Crippen molar-refractivity contribution in [2.75, 3.05) is 13.1 Å². The summed E-state index contributed by atoms with van der Waals surface area (Å²) in [7, 11) is -4.03. The number of hydrogen-bond acceptors (Lipinski definition) is 2. The molecule has 84 valence electrons. The Morgan fingerprint density at radius 3 is 1.93 bits per heavy atom. The molecular weight excluding hydrogens is 201 g/mol. The van der Waals surface area contributed by atoms with Gasteiger partial charge in [0.15, 0.2) is 0 Å². The molecule has 0 aromatic heterocycles. The third kappa shape index (κ3) is 1.89. The first kappa shape index (κ1) is 12.2. The molecule has 1 fully saturated rings. The normalized spacial score (nSPS) is 20.3. The van der Waals surface area contributed by atoms with Crippen LogP contribution < -0.4 is 0 Å². The third-order valence-corrected chi connectivity index (χ3v) is 5.37. The fraction of sp³-hybridized carbons (Fsp3) is 1.00. The molecule has 14 heavy (non-hydrogen) atoms. The van der Waals surface area contributed by atoms with Crippen LogP contribution in [0.5, 0.6) is 0 Å². The lowest BCUT2D eigenvalue weighted by atomic mass is 10.1. The smallest absolute Gasteiger partial charge is 0.323 e. The van der Waals surface area contributed by atoms with Gasteiger partial charge in [-0.3, -0.25) is 9.46 Å². The average molecular weight is 221 g/mol. The molecule has 1 rings (SSSR count). The van der Waals surface area contributed by atoms with Crippen molar-refractivity contribution < 1.29 is 14.4 Å². The molecule has 0 aromatic rings. The van der Waals surface area contributed by atoms with Crippen LogP contribution in [0.1, 0.15) is 39.5 Å². The van der Waals surface area contributed by atoms with Gasteiger partial charge in [0.1, 0.15) is 5.28 Å². The van der Waals surface area contributed by atoms with Crippen molar-refractivity contribution in [2.24, 2.45) is 0 Å². The molecule has 0 bridgehead atoms. The minimum absolute atomic E-state index is 0.522. The second kappa shape index (κ2) is 4.31. The van der Waals surface area contributed by atoms with Crippen molar-refractivity contribution in [3.8, 4) is 0 Å². The zero-order valence-electron chi connectivity index (χ0n) is 8.94. The minimum Gasteiger partial charge on any atom is -0.323 e. The summed E-state index contributed by atoms with van der Waals surface area (Å²) in [6.07, 6.45) is 3.16. The Morgan fingerprint density at radius 1 is 1.21 bits per heavy atom. The van der Waals surface area contributed by atoms with Crippen LogP contribution in [0.4, 0.5) is 0 Å². The highest BCUT2D eigenvalue weighted by Crippen LogP contribution is 2.56. The lowest BCUT2D eigenvalue weighted by Gasteiger charge is -2.40. The Morgan fingerprint density at radius 2 is 1.64 bits per heavy atom. The average Bonchev–Trinajstić information content (AvgIpc) is 2.58. The van der Waals surface area contributed by atoms with Crippen LogP contribution in [0.3, 0.4) is 0 Å². The molecule has 0 aromatic carbocycles. The first-order valence-electron chi connectivity index (χ1n) is 5.28. The summed E-state index contributed by atoms with van der Waals surface area (Å²) in [5, 5.41) is -0.899. The second-order valence-electron chi connectivity index (χ2n) is 3.93. The van der Waals surface area contributed by atoms with Crippen molar-refractivity contribution >= 4 is 7.60 Å². The predicted molar refractivity (Wildman–Crippen MR) is 56.2 cm³/mol. The van der Waals surface area contributed by atoms with Gasteiger partial charge in [0, 0.05) is 0 Å². The minimum atomic E-state index is -4.03. The van der Waals surface area contributed by atoms with Gasteiger partial charge in [-0.2, -0.15) is 0 Å². The van der Waals surface area contributed by atoms with Gasteiger partial charge < -0.3 is 9.79 Å². The lowest BCUT2D eigenvalue weighted by Crippen LogP contribution is -2.45. The van der Waals surface area contributed by atoms with Gasteiger partial charge in [-0.1, -0.05) is 13.8 Å². The zero-order valence-corrected chi connectivity index (χ0v) is 9.83. The van der Waals surface area contributed by atoms with Gasteiger partial charge in [0.05, 0.1) is 0 Å². The van der Waals surface area contributed by atoms with Crippen molar-refractivity contribution in [3.05, 3.63) is 0 Å². The molecule has 0 amide bonds. The fourth-order valence-corrected chi connectivity index (χ4v) is 3.82. The first-order chi connectivity index (χ1) is 6.48. The summed E-state index contributed by atoms with van der Waals surface area (Å²) in [6, 6.07) is 0. The van der Waals surface area contributed by atoms with E-state index in [4.69, 9.17) is 0 Å². The van der Waals surface area contributed by atoms with Crippen LogP contribution in [-0.4, -0.2) is 33.1 Å². The van der Waals surface area contributed by atoms with Gasteiger partial charge >= 0.3 is 7.60 Å². The van der Waals surface area contributed by atoms with E-state index in [1.165, 1.54) is 0 Å². The highest BCUT2D eigenvalue weighted by atomic mass is 31.2. The van der Waals surface area contributed by atoms with E-state index in [1.54, 1.807) is 0 Å². The fourth-order valence-electron chi connectivity index (χ4n) is 2.43. The van der Waals surface area contributed by atoms with Crippen LogP contribution in [0.2, 0.25) is 0 Å². The number of hydrogen-bond donors (Lipinski definition) is 2. The van der Waals surface area contributed by atoms with Crippen LogP contribution in [0.15, 0.2) is 0 Å². The van der Waals surface area contributed by atoms with E-state index in [2.05, 4.69) is 0 Å². The maximum absolute atomic E-state index is 11.6. The maximum atomic E-state index is 11.6. The maximum Gasteiger partial charge on any atom is 0.345 e. The molecule has 0 spiro atoms. The highest BCUT2D eigenvalue weighted by molar-refractivity contribution is 7.53. The SMILES string of the molecule is CCC(CC)(N1CCCC1)P(=O)(O)O. The largest absolute Gasteiger partial charge is 0.345 e. The van der Waals surface area contributed by atoms with Gasteiger partial charge in [-0.25, -0.2) is 0 Å². The predicted octanol–water partition coefficient (Wildman–Crippen LogP) is 1.78. The van der Waals surface area contributed by atoms with E-state index in [9.17, 15) is 14.4 Å². The second-order valence-corrected chi connectivity index (χ2v) is 5.85. The van der Waals surface area contributed by atoms with E-state index in [0.29, 0.717) is 12.8 Å². The van der Waals surface area contributed by atoms with Crippen LogP contribution in [-0.2, 0) is 4.57 Å². The van der Waals surface area contributed by atoms with Gasteiger partial charge in [0.25, 0.3) is 0 Å². The van der Waals surface area contributed by atoms with Gasteiger partial charge in [-0.05, 0) is 38.8 Å². The van der Waals surface area contributed by atoms with Crippen molar-refractivity contribution in [3.63, 3.8) is 0 Å². The van der Waals surface area contributed by atoms with Crippen LogP contribution in [0, 0.1) is 0 Å². The highest BCUT2D eigenvalue weighted by Gasteiger charge is 2.49. The third-order valence-electron chi connectivity index (χ3n) is 3.37. The Bertz CT molecular complexity index is 228. The Hall–Kier alpha value is 0.110. The topological polar surface area (TPSA) is 60.8 Å². The van der Waals surface area contributed by atoms with E-state index in [0.717, 1.165) is 25.9 Å². The summed E-state index contributed by atoms with van der Waals surface area (Å²) >= 11 is 0. The molecule has 0 saturated carbocycles. The summed E-state index contributed by atoms with van der Waals surface area (Å²) in [4.78, 5) is 20.9. The monoisotopic (exact) mass is 221 g/mol. The number of rotatable bonds is 4. The van der Waals surface area contributed by atoms with Crippen molar-refractivity contribution in [1.82, 2.24) is 4.90 Å². The summed E-state index contributed by atoms with van der Waals surface area (Å²) in [6.45, 7) is 5.38. The molecule has 1 heterocycles. The first-order valence-corrected chi connectivity index (χ1v) is 6.90. The molecule has 5 heteroatoms. The van der Waals surface area contributed by atoms with Gasteiger partial charge in [0.2, 0.25) is 0 Å². The van der Waals surface area contributed by atoms with E-state index >= 15 is 0 Å². The molecule has 2 N–H and O–H groups in total. The zero-order chi connectivity index (χ0) is 10.8. The van der Waals surface area contributed by atoms with E-state index in [1.807, 2.05) is 18.7 Å². The van der Waals surface area contributed by atoms with Crippen LogP contribution in [0.25, 0.3) is 0 Å². The molecule has 0 radical (unpaired) electrons. The molecule has 1 aliphatic rings. The Kier molecular flexibility index (Phi) is 3.75. The molecule has 0 unspecified atom stereocenters. The summed E-state index contributed by atoms with van der Waals surface area (Å²) in [5.74, 6) is 0. The molecule has 0 atom stereocenters. The van der Waals surface area contributed by atoms with Crippen molar-refractivity contribution in [1.29, 1.82) is 0 Å². The number of nitrogens with zero attached hydrogens (tertiary/aromatic N) is 1. The van der Waals surface area contributed by atoms with Gasteiger partial charge in [-0.15, -0.1) is 0 Å². The molecule has 1 aliphatic heterocycles. The Labute approximate surface area is 85.5 Å². The lowest BCUT2D eigenvalue weighted by molar-refractivity contribution is 0.146. The molecule has 0 aliphatic carbocycles. The molecule has 4 nitrogen and oxygen atoms in total. The van der Waals surface area contributed by atoms with E-state index < -0.39 is 12.9 Å². The summed E-state index contributed by atoms with van der Waals surface area (Å²) < 4.78 is 11.6. The molecular formula is C9H20NO3P. The quantitative estimate of drug-likeness (QED) is 0.710. The van der Waals surface area contributed by atoms with Crippen molar-refractivity contribution in [2.45, 2.75) is 44.8 Å². The summed E-state index contributed by atoms with van der Waals surface area (Å²) in [5.41, 5.74) is 0. The van der Waals surface area contributed by atoms with E-state index in [-0.39, 0.29) is 0 Å². The molecule has 1 saturated heterocycles. The standard InChI is InChI=1S/C9H20NO3P/c1-3-9(4-2,14(11,12)13)10-7-5-6-8-10/h3-8H2,1-2H3,(H2,11,12,13). The van der Waals surface area contributed by atoms with Crippen LogP contribution >= 0.6 is 7.60 Å².